The summed E-state index contributed by atoms with van der Waals surface area (Å²) in [4.78, 5) is 71.4. The minimum atomic E-state index is -1.03. The SMILES string of the molecule is Nc1nnc(-c2ccccc2O)cc1OC1CCCN(c2ccc(N3CCN(C(=O)CCCCCCCCn4cc(CNc5cccc6c5C(=O)N(C5CCC(=O)NC5=O)C6=O)nn4)CC3)cc2)C1. The molecule has 5 amide bonds. The number of para-hydroxylation sites is 1. The van der Waals surface area contributed by atoms with E-state index < -0.39 is 29.7 Å². The van der Waals surface area contributed by atoms with Gasteiger partial charge in [0.25, 0.3) is 11.8 Å². The summed E-state index contributed by atoms with van der Waals surface area (Å²) in [7, 11) is 0. The molecule has 0 aliphatic carbocycles. The summed E-state index contributed by atoms with van der Waals surface area (Å²) in [5.74, 6) is -1.16. The predicted octanol–water partition coefficient (Wildman–Crippen LogP) is 5.16. The van der Waals surface area contributed by atoms with Gasteiger partial charge in [0.1, 0.15) is 29.3 Å². The van der Waals surface area contributed by atoms with Gasteiger partial charge < -0.3 is 35.6 Å². The summed E-state index contributed by atoms with van der Waals surface area (Å²) in [6, 6.07) is 21.3. The molecule has 2 atom stereocenters. The molecular formula is C50H58N12O7. The number of benzene rings is 3. The fourth-order valence-electron chi connectivity index (χ4n) is 9.63. The number of piperidine rings is 2. The van der Waals surface area contributed by atoms with E-state index in [1.165, 1.54) is 0 Å². The van der Waals surface area contributed by atoms with Gasteiger partial charge in [-0.25, -0.2) is 0 Å². The first-order chi connectivity index (χ1) is 33.6. The van der Waals surface area contributed by atoms with Crippen molar-refractivity contribution in [2.24, 2.45) is 0 Å². The number of aryl methyl sites for hydroxylation is 1. The number of imide groups is 2. The Kier molecular flexibility index (Phi) is 14.3. The van der Waals surface area contributed by atoms with E-state index >= 15 is 0 Å². The second-order valence-corrected chi connectivity index (χ2v) is 18.1. The van der Waals surface area contributed by atoms with Crippen LogP contribution in [0.15, 0.2) is 79.0 Å². The quantitative estimate of drug-likeness (QED) is 0.0656. The van der Waals surface area contributed by atoms with Crippen LogP contribution in [0.2, 0.25) is 0 Å². The number of hydrogen-bond donors (Lipinski definition) is 4. The lowest BCUT2D eigenvalue weighted by Gasteiger charge is -2.37. The number of ether oxygens (including phenoxy) is 1. The van der Waals surface area contributed by atoms with Crippen LogP contribution in [0.1, 0.15) is 97.0 Å². The van der Waals surface area contributed by atoms with Crippen LogP contribution in [-0.2, 0) is 27.5 Å². The first-order valence-corrected chi connectivity index (χ1v) is 24.0. The van der Waals surface area contributed by atoms with Crippen molar-refractivity contribution in [2.75, 3.05) is 60.1 Å². The number of phenolic OH excluding ortho intramolecular Hbond substituents is 1. The van der Waals surface area contributed by atoms with Crippen LogP contribution < -0.4 is 30.9 Å². The number of nitrogen functional groups attached to an aromatic ring is 1. The molecule has 2 aromatic heterocycles. The largest absolute Gasteiger partial charge is 0.507 e. The number of anilines is 4. The van der Waals surface area contributed by atoms with E-state index in [4.69, 9.17) is 10.5 Å². The summed E-state index contributed by atoms with van der Waals surface area (Å²) >= 11 is 0. The number of piperazine rings is 1. The monoisotopic (exact) mass is 938 g/mol. The number of amides is 5. The molecule has 3 aromatic carbocycles. The summed E-state index contributed by atoms with van der Waals surface area (Å²) in [6.45, 7) is 5.65. The highest BCUT2D eigenvalue weighted by atomic mass is 16.5. The van der Waals surface area contributed by atoms with E-state index in [-0.39, 0.29) is 54.1 Å². The molecule has 2 unspecified atom stereocenters. The third-order valence-electron chi connectivity index (χ3n) is 13.4. The number of unbranched alkanes of at least 4 members (excludes halogenated alkanes) is 5. The topological polar surface area (TPSA) is 234 Å². The molecule has 0 bridgehead atoms. The van der Waals surface area contributed by atoms with Crippen molar-refractivity contribution >= 4 is 52.4 Å². The minimum absolute atomic E-state index is 0.0595. The molecular weight excluding hydrogens is 881 g/mol. The maximum atomic E-state index is 13.4. The number of phenols is 1. The van der Waals surface area contributed by atoms with Crippen molar-refractivity contribution in [2.45, 2.75) is 95.9 Å². The molecule has 3 fully saturated rings. The number of carbonyl (C=O) groups excluding carboxylic acids is 5. The number of nitrogens with two attached hydrogens (primary N) is 1. The Bertz CT molecular complexity index is 2680. The van der Waals surface area contributed by atoms with Crippen molar-refractivity contribution in [1.29, 1.82) is 0 Å². The fraction of sp³-hybridized carbons (Fsp3) is 0.420. The molecule has 0 saturated carbocycles. The lowest BCUT2D eigenvalue weighted by atomic mass is 10.0. The predicted molar refractivity (Wildman–Crippen MR) is 257 cm³/mol. The van der Waals surface area contributed by atoms with Gasteiger partial charge in [0.2, 0.25) is 17.7 Å². The minimum Gasteiger partial charge on any atom is -0.507 e. The Balaban J connectivity index is 0.639. The number of nitrogens with one attached hydrogen (secondary N) is 2. The molecule has 9 rings (SSSR count). The number of aromatic nitrogens is 5. The standard InChI is InChI=1S/C50H58N12O7/c51-47-43(29-40(55-56-47)37-12-6-7-15-42(37)63)69-36-11-10-23-60(32-36)35-19-17-34(18-20-35)58-25-27-59(28-26-58)45(65)16-5-3-1-2-4-8-24-61-31-33(54-57-61)30-52-39-14-9-13-38-46(39)50(68)62(49(38)67)41-21-22-44(64)53-48(41)66/h6-7,9,12-15,17-20,29,31,36,41,52,63H,1-5,8,10-11,16,21-28,30,32H2,(H2,51,56)(H,53,64,66). The molecule has 0 radical (unpaired) electrons. The number of aromatic hydroxyl groups is 1. The number of fused-ring (bicyclic) bond motifs is 1. The molecule has 4 aliphatic heterocycles. The average molecular weight is 939 g/mol. The van der Waals surface area contributed by atoms with Gasteiger partial charge in [-0.15, -0.1) is 15.3 Å². The molecule has 19 heteroatoms. The van der Waals surface area contributed by atoms with E-state index in [1.807, 2.05) is 17.2 Å². The zero-order chi connectivity index (χ0) is 47.9. The number of carbonyl (C=O) groups is 5. The molecule has 19 nitrogen and oxygen atoms in total. The highest BCUT2D eigenvalue weighted by Crippen LogP contribution is 2.34. The molecule has 0 spiro atoms. The molecule has 360 valence electrons. The average Bonchev–Trinajstić information content (AvgIpc) is 3.93. The maximum Gasteiger partial charge on any atom is 0.264 e. The number of rotatable bonds is 18. The first kappa shape index (κ1) is 46.5. The van der Waals surface area contributed by atoms with Crippen LogP contribution in [0.4, 0.5) is 22.9 Å². The Morgan fingerprint density at radius 2 is 1.54 bits per heavy atom. The molecule has 5 N–H and O–H groups in total. The van der Waals surface area contributed by atoms with Crippen molar-refractivity contribution in [3.63, 3.8) is 0 Å². The van der Waals surface area contributed by atoms with Crippen molar-refractivity contribution in [3.8, 4) is 22.8 Å². The van der Waals surface area contributed by atoms with E-state index in [9.17, 15) is 29.1 Å². The van der Waals surface area contributed by atoms with E-state index in [0.29, 0.717) is 54.4 Å². The van der Waals surface area contributed by atoms with Gasteiger partial charge in [-0.2, -0.15) is 0 Å². The van der Waals surface area contributed by atoms with Crippen LogP contribution >= 0.6 is 0 Å². The van der Waals surface area contributed by atoms with Crippen LogP contribution in [0.25, 0.3) is 11.3 Å². The van der Waals surface area contributed by atoms with Crippen molar-refractivity contribution in [3.05, 3.63) is 95.8 Å². The third kappa shape index (κ3) is 10.8. The lowest BCUT2D eigenvalue weighted by molar-refractivity contribution is -0.136. The normalized spacial score (nSPS) is 18.4. The second kappa shape index (κ2) is 21.2. The Hall–Kier alpha value is -7.57. The molecule has 3 saturated heterocycles. The zero-order valence-corrected chi connectivity index (χ0v) is 38.6. The van der Waals surface area contributed by atoms with Gasteiger partial charge in [-0.05, 0) is 80.6 Å². The molecule has 5 aromatic rings. The smallest absolute Gasteiger partial charge is 0.264 e. The van der Waals surface area contributed by atoms with Crippen LogP contribution in [0.5, 0.6) is 11.5 Å². The Labute approximate surface area is 400 Å². The second-order valence-electron chi connectivity index (χ2n) is 18.1. The molecule has 6 heterocycles. The van der Waals surface area contributed by atoms with Crippen molar-refractivity contribution < 1.29 is 33.8 Å². The maximum absolute atomic E-state index is 13.4. The van der Waals surface area contributed by atoms with Crippen LogP contribution in [-0.4, -0.2) is 121 Å². The summed E-state index contributed by atoms with van der Waals surface area (Å²) in [5, 5.41) is 32.5. The molecule has 4 aliphatic rings. The van der Waals surface area contributed by atoms with Gasteiger partial charge in [0, 0.05) is 80.8 Å². The summed E-state index contributed by atoms with van der Waals surface area (Å²) in [5.41, 5.74) is 11.1. The summed E-state index contributed by atoms with van der Waals surface area (Å²) < 4.78 is 8.18. The molecule has 69 heavy (non-hydrogen) atoms. The van der Waals surface area contributed by atoms with Gasteiger partial charge >= 0.3 is 0 Å². The van der Waals surface area contributed by atoms with Crippen molar-refractivity contribution in [1.82, 2.24) is 40.3 Å². The summed E-state index contributed by atoms with van der Waals surface area (Å²) in [6.07, 6.45) is 10.4. The highest BCUT2D eigenvalue weighted by Gasteiger charge is 2.45. The van der Waals surface area contributed by atoms with E-state index in [1.54, 1.807) is 47.1 Å². The first-order valence-electron chi connectivity index (χ1n) is 24.0. The van der Waals surface area contributed by atoms with E-state index in [2.05, 4.69) is 65.2 Å². The fourth-order valence-corrected chi connectivity index (χ4v) is 9.63. The third-order valence-corrected chi connectivity index (χ3v) is 13.4. The van der Waals surface area contributed by atoms with Gasteiger partial charge in [-0.1, -0.05) is 49.1 Å². The van der Waals surface area contributed by atoms with Crippen LogP contribution in [0, 0.1) is 0 Å². The zero-order valence-electron chi connectivity index (χ0n) is 38.6. The Morgan fingerprint density at radius 3 is 2.32 bits per heavy atom. The Morgan fingerprint density at radius 1 is 0.797 bits per heavy atom. The van der Waals surface area contributed by atoms with Crippen LogP contribution in [0.3, 0.4) is 0 Å². The van der Waals surface area contributed by atoms with Gasteiger partial charge in [-0.3, -0.25) is 38.9 Å². The number of hydrogen-bond acceptors (Lipinski definition) is 15. The highest BCUT2D eigenvalue weighted by molar-refractivity contribution is 6.25. The van der Waals surface area contributed by atoms with E-state index in [0.717, 1.165) is 93.8 Å². The van der Waals surface area contributed by atoms with Gasteiger partial charge in [0.05, 0.1) is 30.4 Å². The lowest BCUT2D eigenvalue weighted by Crippen LogP contribution is -2.54. The van der Waals surface area contributed by atoms with Gasteiger partial charge in [0.15, 0.2) is 11.6 Å². The number of nitrogens with zero attached hydrogens (tertiary/aromatic N) is 9.